The molecule has 0 unspecified atom stereocenters. The van der Waals surface area contributed by atoms with E-state index in [4.69, 9.17) is 0 Å². The van der Waals surface area contributed by atoms with Gasteiger partial charge in [0, 0.05) is 19.3 Å². The number of aromatic nitrogens is 1. The molecule has 0 aliphatic rings. The van der Waals surface area contributed by atoms with Crippen molar-refractivity contribution < 1.29 is 0 Å². The molecule has 1 heterocycles. The lowest BCUT2D eigenvalue weighted by atomic mass is 10.1. The van der Waals surface area contributed by atoms with E-state index in [0.717, 1.165) is 18.8 Å². The highest BCUT2D eigenvalue weighted by molar-refractivity contribution is 5.25. The topological polar surface area (TPSA) is 24.9 Å². The summed E-state index contributed by atoms with van der Waals surface area (Å²) < 4.78 is 0. The van der Waals surface area contributed by atoms with E-state index in [2.05, 4.69) is 60.5 Å². The van der Waals surface area contributed by atoms with Crippen molar-refractivity contribution in [3.63, 3.8) is 0 Å². The molecule has 17 heavy (non-hydrogen) atoms. The van der Waals surface area contributed by atoms with E-state index in [-0.39, 0.29) is 0 Å². The van der Waals surface area contributed by atoms with E-state index < -0.39 is 0 Å². The molecule has 2 heteroatoms. The second kappa shape index (κ2) is 5.60. The number of pyridine rings is 1. The van der Waals surface area contributed by atoms with Crippen LogP contribution in [-0.4, -0.2) is 4.98 Å². The normalized spacial score (nSPS) is 10.5. The van der Waals surface area contributed by atoms with E-state index >= 15 is 0 Å². The molecule has 2 rings (SSSR count). The van der Waals surface area contributed by atoms with Crippen molar-refractivity contribution in [1.82, 2.24) is 10.3 Å². The number of hydrogen-bond acceptors (Lipinski definition) is 2. The molecule has 0 fully saturated rings. The molecule has 0 saturated heterocycles. The van der Waals surface area contributed by atoms with Crippen molar-refractivity contribution in [3.8, 4) is 0 Å². The van der Waals surface area contributed by atoms with Crippen LogP contribution in [0.1, 0.15) is 22.4 Å². The van der Waals surface area contributed by atoms with Crippen LogP contribution in [0.5, 0.6) is 0 Å². The first-order chi connectivity index (χ1) is 8.25. The maximum atomic E-state index is 4.37. The summed E-state index contributed by atoms with van der Waals surface area (Å²) >= 11 is 0. The van der Waals surface area contributed by atoms with Crippen LogP contribution < -0.4 is 5.32 Å². The zero-order chi connectivity index (χ0) is 12.1. The fourth-order valence-electron chi connectivity index (χ4n) is 1.74. The van der Waals surface area contributed by atoms with Crippen LogP contribution >= 0.6 is 0 Å². The van der Waals surface area contributed by atoms with Gasteiger partial charge in [-0.15, -0.1) is 0 Å². The summed E-state index contributed by atoms with van der Waals surface area (Å²) in [6.45, 7) is 5.90. The second-order valence-electron chi connectivity index (χ2n) is 4.36. The van der Waals surface area contributed by atoms with E-state index in [1.807, 2.05) is 6.20 Å². The van der Waals surface area contributed by atoms with Crippen LogP contribution in [-0.2, 0) is 13.1 Å². The van der Waals surface area contributed by atoms with Gasteiger partial charge in [-0.3, -0.25) is 4.98 Å². The molecule has 0 aliphatic carbocycles. The summed E-state index contributed by atoms with van der Waals surface area (Å²) in [6.07, 6.45) is 1.91. The molecule has 0 spiro atoms. The van der Waals surface area contributed by atoms with Crippen molar-refractivity contribution in [2.75, 3.05) is 0 Å². The third kappa shape index (κ3) is 3.40. The number of benzene rings is 1. The van der Waals surface area contributed by atoms with Crippen LogP contribution in [0, 0.1) is 13.8 Å². The Kier molecular flexibility index (Phi) is 3.89. The highest BCUT2D eigenvalue weighted by atomic mass is 14.9. The zero-order valence-corrected chi connectivity index (χ0v) is 10.4. The zero-order valence-electron chi connectivity index (χ0n) is 10.4. The number of nitrogens with zero attached hydrogens (tertiary/aromatic N) is 1. The minimum atomic E-state index is 0.814. The first-order valence-corrected chi connectivity index (χ1v) is 5.92. The smallest absolute Gasteiger partial charge is 0.0541 e. The average molecular weight is 226 g/mol. The van der Waals surface area contributed by atoms with Crippen LogP contribution in [0.4, 0.5) is 0 Å². The summed E-state index contributed by atoms with van der Waals surface area (Å²) in [5, 5.41) is 3.42. The molecule has 0 atom stereocenters. The van der Waals surface area contributed by atoms with Crippen LogP contribution in [0.2, 0.25) is 0 Å². The van der Waals surface area contributed by atoms with Crippen molar-refractivity contribution in [2.45, 2.75) is 26.9 Å². The Morgan fingerprint density at radius 1 is 1.00 bits per heavy atom. The summed E-state index contributed by atoms with van der Waals surface area (Å²) in [5.41, 5.74) is 4.97. The van der Waals surface area contributed by atoms with Gasteiger partial charge in [0.05, 0.1) is 5.69 Å². The van der Waals surface area contributed by atoms with E-state index in [1.165, 1.54) is 16.7 Å². The van der Waals surface area contributed by atoms with Gasteiger partial charge in [0.25, 0.3) is 0 Å². The first-order valence-electron chi connectivity index (χ1n) is 5.92. The maximum absolute atomic E-state index is 4.37. The van der Waals surface area contributed by atoms with Crippen molar-refractivity contribution in [3.05, 3.63) is 65.0 Å². The number of hydrogen-bond donors (Lipinski definition) is 1. The van der Waals surface area contributed by atoms with E-state index in [0.29, 0.717) is 0 Å². The predicted octanol–water partition coefficient (Wildman–Crippen LogP) is 2.99. The lowest BCUT2D eigenvalue weighted by Gasteiger charge is -2.07. The SMILES string of the molecule is Cc1ccc(CNCc2ccccc2C)nc1. The Morgan fingerprint density at radius 2 is 1.82 bits per heavy atom. The fourth-order valence-corrected chi connectivity index (χ4v) is 1.74. The van der Waals surface area contributed by atoms with Gasteiger partial charge in [-0.1, -0.05) is 30.3 Å². The molecule has 88 valence electrons. The molecule has 2 nitrogen and oxygen atoms in total. The Labute approximate surface area is 103 Å². The van der Waals surface area contributed by atoms with Crippen LogP contribution in [0.3, 0.4) is 0 Å². The minimum absolute atomic E-state index is 0.814. The molecule has 0 saturated carbocycles. The Balaban J connectivity index is 1.88. The fraction of sp³-hybridized carbons (Fsp3) is 0.267. The molecule has 1 aromatic heterocycles. The van der Waals surface area contributed by atoms with Crippen LogP contribution in [0.15, 0.2) is 42.6 Å². The molecule has 2 aromatic rings. The molecule has 0 amide bonds. The quantitative estimate of drug-likeness (QED) is 0.867. The predicted molar refractivity (Wildman–Crippen MR) is 70.7 cm³/mol. The second-order valence-corrected chi connectivity index (χ2v) is 4.36. The third-order valence-electron chi connectivity index (χ3n) is 2.86. The Bertz CT molecular complexity index is 475. The molecule has 0 radical (unpaired) electrons. The average Bonchev–Trinajstić information content (AvgIpc) is 2.34. The molecule has 1 aromatic carbocycles. The standard InChI is InChI=1S/C15H18N2/c1-12-7-8-15(17-9-12)11-16-10-14-6-4-3-5-13(14)2/h3-9,16H,10-11H2,1-2H3. The molecule has 0 bridgehead atoms. The molecular weight excluding hydrogens is 208 g/mol. The summed E-state index contributed by atoms with van der Waals surface area (Å²) in [6, 6.07) is 12.6. The number of aryl methyl sites for hydroxylation is 2. The van der Waals surface area contributed by atoms with E-state index in [9.17, 15) is 0 Å². The van der Waals surface area contributed by atoms with Gasteiger partial charge in [-0.25, -0.2) is 0 Å². The van der Waals surface area contributed by atoms with Crippen molar-refractivity contribution >= 4 is 0 Å². The largest absolute Gasteiger partial charge is 0.307 e. The number of nitrogens with one attached hydrogen (secondary N) is 1. The number of rotatable bonds is 4. The Hall–Kier alpha value is -1.67. The van der Waals surface area contributed by atoms with Gasteiger partial charge in [0.15, 0.2) is 0 Å². The highest BCUT2D eigenvalue weighted by Crippen LogP contribution is 2.06. The maximum Gasteiger partial charge on any atom is 0.0541 e. The monoisotopic (exact) mass is 226 g/mol. The van der Waals surface area contributed by atoms with E-state index in [1.54, 1.807) is 0 Å². The summed E-state index contributed by atoms with van der Waals surface area (Å²) in [5.74, 6) is 0. The van der Waals surface area contributed by atoms with Gasteiger partial charge >= 0.3 is 0 Å². The molecule has 1 N–H and O–H groups in total. The molecule has 0 aliphatic heterocycles. The van der Waals surface area contributed by atoms with Crippen LogP contribution in [0.25, 0.3) is 0 Å². The summed E-state index contributed by atoms with van der Waals surface area (Å²) in [4.78, 5) is 4.37. The minimum Gasteiger partial charge on any atom is -0.307 e. The van der Waals surface area contributed by atoms with Gasteiger partial charge in [-0.2, -0.15) is 0 Å². The van der Waals surface area contributed by atoms with Gasteiger partial charge in [0.1, 0.15) is 0 Å². The summed E-state index contributed by atoms with van der Waals surface area (Å²) in [7, 11) is 0. The third-order valence-corrected chi connectivity index (χ3v) is 2.86. The van der Waals surface area contributed by atoms with Gasteiger partial charge in [0.2, 0.25) is 0 Å². The van der Waals surface area contributed by atoms with Gasteiger partial charge in [-0.05, 0) is 36.6 Å². The van der Waals surface area contributed by atoms with Crippen molar-refractivity contribution in [2.24, 2.45) is 0 Å². The lowest BCUT2D eigenvalue weighted by molar-refractivity contribution is 0.677. The first kappa shape index (κ1) is 11.8. The molecular formula is C15H18N2. The highest BCUT2D eigenvalue weighted by Gasteiger charge is 1.97. The van der Waals surface area contributed by atoms with Gasteiger partial charge < -0.3 is 5.32 Å². The lowest BCUT2D eigenvalue weighted by Crippen LogP contribution is -2.14. The Morgan fingerprint density at radius 3 is 2.53 bits per heavy atom. The van der Waals surface area contributed by atoms with Crippen molar-refractivity contribution in [1.29, 1.82) is 0 Å².